The van der Waals surface area contributed by atoms with Gasteiger partial charge >= 0.3 is 0 Å². The molecule has 0 saturated carbocycles. The van der Waals surface area contributed by atoms with E-state index in [4.69, 9.17) is 0 Å². The molecule has 1 aliphatic rings. The van der Waals surface area contributed by atoms with Gasteiger partial charge in [0.05, 0.1) is 0 Å². The maximum atomic E-state index is 12.9. The monoisotopic (exact) mass is 358 g/mol. The van der Waals surface area contributed by atoms with Gasteiger partial charge in [-0.1, -0.05) is 57.2 Å². The Labute approximate surface area is 160 Å². The first kappa shape index (κ1) is 17.6. The Morgan fingerprint density at radius 1 is 1.04 bits per heavy atom. The van der Waals surface area contributed by atoms with Crippen LogP contribution in [0.3, 0.4) is 0 Å². The molecule has 1 N–H and O–H groups in total. The number of hydrogen-bond donors (Lipinski definition) is 1. The van der Waals surface area contributed by atoms with Crippen molar-refractivity contribution in [3.8, 4) is 0 Å². The molecule has 0 fully saturated rings. The summed E-state index contributed by atoms with van der Waals surface area (Å²) in [5.41, 5.74) is 5.85. The summed E-state index contributed by atoms with van der Waals surface area (Å²) in [7, 11) is 0. The van der Waals surface area contributed by atoms with E-state index in [-0.39, 0.29) is 11.3 Å². The molecular formula is C24H26N2O. The number of aromatic amines is 1. The van der Waals surface area contributed by atoms with Crippen LogP contribution in [0.1, 0.15) is 48.7 Å². The fraction of sp³-hybridized carbons (Fsp3) is 0.292. The maximum absolute atomic E-state index is 12.9. The number of para-hydroxylation sites is 1. The van der Waals surface area contributed by atoms with Crippen LogP contribution in [0.5, 0.6) is 0 Å². The third-order valence-corrected chi connectivity index (χ3v) is 5.43. The lowest BCUT2D eigenvalue weighted by molar-refractivity contribution is 0.0773. The summed E-state index contributed by atoms with van der Waals surface area (Å²) in [4.78, 5) is 18.1. The number of nitrogens with zero attached hydrogens (tertiary/aromatic N) is 1. The summed E-state index contributed by atoms with van der Waals surface area (Å²) in [6.07, 6.45) is 5.16. The summed E-state index contributed by atoms with van der Waals surface area (Å²) < 4.78 is 0. The summed E-state index contributed by atoms with van der Waals surface area (Å²) in [6, 6.07) is 16.4. The van der Waals surface area contributed by atoms with Gasteiger partial charge in [-0.3, -0.25) is 4.79 Å². The first-order valence-electron chi connectivity index (χ1n) is 9.59. The van der Waals surface area contributed by atoms with Gasteiger partial charge < -0.3 is 9.88 Å². The van der Waals surface area contributed by atoms with E-state index in [1.54, 1.807) is 0 Å². The van der Waals surface area contributed by atoms with Gasteiger partial charge in [0.15, 0.2) is 0 Å². The number of rotatable bonds is 2. The quantitative estimate of drug-likeness (QED) is 0.654. The second-order valence-electron chi connectivity index (χ2n) is 8.31. The fourth-order valence-corrected chi connectivity index (χ4v) is 3.73. The normalized spacial score (nSPS) is 15.1. The number of nitrogens with one attached hydrogen (secondary N) is 1. The van der Waals surface area contributed by atoms with Crippen LogP contribution in [0.15, 0.2) is 60.8 Å². The molecule has 3 heteroatoms. The highest BCUT2D eigenvalue weighted by molar-refractivity contribution is 5.96. The van der Waals surface area contributed by atoms with Crippen LogP contribution >= 0.6 is 0 Å². The van der Waals surface area contributed by atoms with Crippen molar-refractivity contribution in [3.05, 3.63) is 77.5 Å². The molecule has 2 aromatic carbocycles. The molecule has 1 amide bonds. The van der Waals surface area contributed by atoms with Gasteiger partial charge in [-0.15, -0.1) is 0 Å². The van der Waals surface area contributed by atoms with Gasteiger partial charge in [0.2, 0.25) is 0 Å². The molecule has 138 valence electrons. The molecule has 0 unspecified atom stereocenters. The molecule has 0 spiro atoms. The Balaban J connectivity index is 1.50. The molecule has 4 rings (SSSR count). The van der Waals surface area contributed by atoms with E-state index < -0.39 is 0 Å². The van der Waals surface area contributed by atoms with Crippen LogP contribution in [-0.2, 0) is 5.41 Å². The summed E-state index contributed by atoms with van der Waals surface area (Å²) >= 11 is 0. The van der Waals surface area contributed by atoms with Crippen molar-refractivity contribution in [3.63, 3.8) is 0 Å². The van der Waals surface area contributed by atoms with Gasteiger partial charge in [0.1, 0.15) is 0 Å². The zero-order valence-electron chi connectivity index (χ0n) is 16.3. The van der Waals surface area contributed by atoms with Crippen LogP contribution in [0, 0.1) is 0 Å². The van der Waals surface area contributed by atoms with Gasteiger partial charge in [0.25, 0.3) is 5.91 Å². The minimum atomic E-state index is 0.101. The lowest BCUT2D eigenvalue weighted by Crippen LogP contribution is -2.34. The number of carbonyl (C=O) groups excluding carboxylic acids is 1. The van der Waals surface area contributed by atoms with Crippen molar-refractivity contribution in [1.82, 2.24) is 9.88 Å². The highest BCUT2D eigenvalue weighted by atomic mass is 16.2. The first-order chi connectivity index (χ1) is 12.9. The summed E-state index contributed by atoms with van der Waals surface area (Å²) in [5, 5.41) is 1.25. The highest BCUT2D eigenvalue weighted by Gasteiger charge is 2.21. The average Bonchev–Trinajstić information content (AvgIpc) is 3.11. The standard InChI is InChI=1S/C24H26N2O/c1-24(2,3)19-10-8-18(9-11-19)23(27)26-14-12-17(13-15-26)21-16-25-22-7-5-4-6-20(21)22/h4-12,16,25H,13-15H2,1-3H3. The molecule has 0 bridgehead atoms. The molecule has 27 heavy (non-hydrogen) atoms. The van der Waals surface area contributed by atoms with Crippen molar-refractivity contribution >= 4 is 22.4 Å². The molecule has 1 aromatic heterocycles. The third kappa shape index (κ3) is 3.42. The van der Waals surface area contributed by atoms with E-state index in [9.17, 15) is 4.79 Å². The number of carbonyl (C=O) groups is 1. The second kappa shape index (κ2) is 6.73. The fourth-order valence-electron chi connectivity index (χ4n) is 3.73. The topological polar surface area (TPSA) is 36.1 Å². The van der Waals surface area contributed by atoms with Crippen LogP contribution in [0.2, 0.25) is 0 Å². The summed E-state index contributed by atoms with van der Waals surface area (Å²) in [6.45, 7) is 7.97. The Bertz CT molecular complexity index is 1000. The molecule has 0 aliphatic carbocycles. The molecular weight excluding hydrogens is 332 g/mol. The van der Waals surface area contributed by atoms with Crippen LogP contribution in [-0.4, -0.2) is 28.9 Å². The zero-order valence-corrected chi connectivity index (χ0v) is 16.3. The van der Waals surface area contributed by atoms with E-state index in [0.29, 0.717) is 6.54 Å². The van der Waals surface area contributed by atoms with E-state index in [2.05, 4.69) is 68.4 Å². The number of hydrogen-bond acceptors (Lipinski definition) is 1. The van der Waals surface area contributed by atoms with Crippen molar-refractivity contribution in [1.29, 1.82) is 0 Å². The third-order valence-electron chi connectivity index (χ3n) is 5.43. The smallest absolute Gasteiger partial charge is 0.254 e. The summed E-state index contributed by atoms with van der Waals surface area (Å²) in [5.74, 6) is 0.115. The lowest BCUT2D eigenvalue weighted by Gasteiger charge is -2.27. The molecule has 1 aliphatic heterocycles. The van der Waals surface area contributed by atoms with Crippen molar-refractivity contribution in [2.45, 2.75) is 32.6 Å². The van der Waals surface area contributed by atoms with Crippen LogP contribution in [0.4, 0.5) is 0 Å². The van der Waals surface area contributed by atoms with Crippen molar-refractivity contribution < 1.29 is 4.79 Å². The minimum Gasteiger partial charge on any atom is -0.361 e. The predicted octanol–water partition coefficient (Wildman–Crippen LogP) is 5.39. The lowest BCUT2D eigenvalue weighted by atomic mass is 9.86. The maximum Gasteiger partial charge on any atom is 0.254 e. The predicted molar refractivity (Wildman–Crippen MR) is 112 cm³/mol. The number of aromatic nitrogens is 1. The number of fused-ring (bicyclic) bond motifs is 1. The van der Waals surface area contributed by atoms with Crippen molar-refractivity contribution in [2.24, 2.45) is 0 Å². The largest absolute Gasteiger partial charge is 0.361 e. The molecule has 0 radical (unpaired) electrons. The molecule has 2 heterocycles. The van der Waals surface area contributed by atoms with Crippen LogP contribution in [0.25, 0.3) is 16.5 Å². The van der Waals surface area contributed by atoms with Gasteiger partial charge in [-0.2, -0.15) is 0 Å². The molecule has 3 aromatic rings. The highest BCUT2D eigenvalue weighted by Crippen LogP contribution is 2.29. The van der Waals surface area contributed by atoms with Gasteiger partial charge in [-0.25, -0.2) is 0 Å². The average molecular weight is 358 g/mol. The van der Waals surface area contributed by atoms with E-state index in [1.807, 2.05) is 23.1 Å². The number of benzene rings is 2. The Morgan fingerprint density at radius 2 is 1.78 bits per heavy atom. The SMILES string of the molecule is CC(C)(C)c1ccc(C(=O)N2CC=C(c3c[nH]c4ccccc34)CC2)cc1. The minimum absolute atomic E-state index is 0.101. The van der Waals surface area contributed by atoms with Gasteiger partial charge in [0, 0.05) is 41.3 Å². The van der Waals surface area contributed by atoms with Gasteiger partial charge in [-0.05, 0) is 41.2 Å². The second-order valence-corrected chi connectivity index (χ2v) is 8.31. The van der Waals surface area contributed by atoms with Crippen molar-refractivity contribution in [2.75, 3.05) is 13.1 Å². The molecule has 0 atom stereocenters. The van der Waals surface area contributed by atoms with E-state index in [1.165, 1.54) is 22.1 Å². The number of H-pyrrole nitrogens is 1. The first-order valence-corrected chi connectivity index (χ1v) is 9.59. The van der Waals surface area contributed by atoms with E-state index >= 15 is 0 Å². The molecule has 0 saturated heterocycles. The van der Waals surface area contributed by atoms with Crippen LogP contribution < -0.4 is 0 Å². The zero-order chi connectivity index (χ0) is 19.0. The Hall–Kier alpha value is -2.81. The molecule has 3 nitrogen and oxygen atoms in total. The Kier molecular flexibility index (Phi) is 4.39. The van der Waals surface area contributed by atoms with E-state index in [0.717, 1.165) is 24.0 Å². The Morgan fingerprint density at radius 3 is 2.44 bits per heavy atom. The number of amides is 1.